The first-order valence-corrected chi connectivity index (χ1v) is 9.77. The number of nitrogens with one attached hydrogen (secondary N) is 1. The largest absolute Gasteiger partial charge is 0.506 e. The highest BCUT2D eigenvalue weighted by atomic mass is 35.5. The van der Waals surface area contributed by atoms with Crippen molar-refractivity contribution < 1.29 is 5.11 Å². The van der Waals surface area contributed by atoms with E-state index in [-0.39, 0.29) is 11.8 Å². The van der Waals surface area contributed by atoms with Gasteiger partial charge in [-0.15, -0.1) is 0 Å². The molecule has 0 aliphatic carbocycles. The number of pyridine rings is 1. The van der Waals surface area contributed by atoms with E-state index < -0.39 is 0 Å². The van der Waals surface area contributed by atoms with E-state index in [4.69, 9.17) is 21.6 Å². The van der Waals surface area contributed by atoms with Gasteiger partial charge in [0.25, 0.3) is 0 Å². The number of rotatable bonds is 6. The van der Waals surface area contributed by atoms with Crippen LogP contribution in [0.25, 0.3) is 22.6 Å². The van der Waals surface area contributed by atoms with E-state index in [0.717, 1.165) is 28.7 Å². The van der Waals surface area contributed by atoms with Gasteiger partial charge in [-0.3, -0.25) is 4.98 Å². The topological polar surface area (TPSA) is 88.8 Å². The number of phenolic OH excluding ortho intramolecular Hbond substituents is 1. The van der Waals surface area contributed by atoms with Crippen molar-refractivity contribution in [3.8, 4) is 17.1 Å². The number of imidazole rings is 1. The van der Waals surface area contributed by atoms with Crippen LogP contribution < -0.4 is 5.32 Å². The molecule has 0 fully saturated rings. The smallest absolute Gasteiger partial charge is 0.166 e. The number of anilines is 1. The fraction of sp³-hybridized carbons (Fsp3) is 0.238. The number of hydrogen-bond donors (Lipinski definition) is 2. The zero-order chi connectivity index (χ0) is 20.4. The lowest BCUT2D eigenvalue weighted by Gasteiger charge is -2.11. The van der Waals surface area contributed by atoms with E-state index in [2.05, 4.69) is 29.1 Å². The Bertz CT molecular complexity index is 1140. The average Bonchev–Trinajstić information content (AvgIpc) is 3.16. The minimum absolute atomic E-state index is 0.0845. The molecule has 29 heavy (non-hydrogen) atoms. The Hall–Kier alpha value is -3.19. The molecule has 0 amide bonds. The van der Waals surface area contributed by atoms with Crippen molar-refractivity contribution in [2.45, 2.75) is 26.3 Å². The molecular formula is C21H21ClN6O. The molecule has 0 unspecified atom stereocenters. The predicted molar refractivity (Wildman–Crippen MR) is 114 cm³/mol. The molecule has 0 saturated carbocycles. The van der Waals surface area contributed by atoms with Gasteiger partial charge in [-0.2, -0.15) is 0 Å². The first-order valence-electron chi connectivity index (χ1n) is 9.39. The molecule has 8 heteroatoms. The first kappa shape index (κ1) is 19.1. The van der Waals surface area contributed by atoms with Gasteiger partial charge in [-0.25, -0.2) is 15.0 Å². The summed E-state index contributed by atoms with van der Waals surface area (Å²) >= 11 is 6.00. The second-order valence-electron chi connectivity index (χ2n) is 7.02. The summed E-state index contributed by atoms with van der Waals surface area (Å²) in [5, 5.41) is 13.3. The molecule has 3 aromatic heterocycles. The van der Waals surface area contributed by atoms with E-state index in [0.29, 0.717) is 23.2 Å². The van der Waals surface area contributed by atoms with Crippen molar-refractivity contribution in [2.24, 2.45) is 0 Å². The Morgan fingerprint density at radius 1 is 1.21 bits per heavy atom. The summed E-state index contributed by atoms with van der Waals surface area (Å²) in [6.45, 7) is 4.82. The summed E-state index contributed by atoms with van der Waals surface area (Å²) in [5.74, 6) is 1.36. The van der Waals surface area contributed by atoms with Gasteiger partial charge in [0, 0.05) is 30.5 Å². The monoisotopic (exact) mass is 408 g/mol. The number of nitrogens with zero attached hydrogens (tertiary/aromatic N) is 5. The summed E-state index contributed by atoms with van der Waals surface area (Å²) in [7, 11) is 0. The predicted octanol–water partition coefficient (Wildman–Crippen LogP) is 4.48. The van der Waals surface area contributed by atoms with Crippen LogP contribution in [0.5, 0.6) is 5.75 Å². The lowest BCUT2D eigenvalue weighted by molar-refractivity contribution is 0.475. The first-order chi connectivity index (χ1) is 14.0. The summed E-state index contributed by atoms with van der Waals surface area (Å²) in [5.41, 5.74) is 3.38. The SMILES string of the molecule is CC(C)n1cnc2c(NCCc3ccc(O)c(Cl)c3)nc(-c3cccnc3)nc21. The minimum atomic E-state index is 0.0845. The van der Waals surface area contributed by atoms with Crippen LogP contribution in [0.1, 0.15) is 25.5 Å². The Balaban J connectivity index is 1.66. The highest BCUT2D eigenvalue weighted by Crippen LogP contribution is 2.26. The zero-order valence-corrected chi connectivity index (χ0v) is 16.9. The highest BCUT2D eigenvalue weighted by Gasteiger charge is 2.15. The van der Waals surface area contributed by atoms with Crippen molar-refractivity contribution in [1.82, 2.24) is 24.5 Å². The maximum absolute atomic E-state index is 9.57. The lowest BCUT2D eigenvalue weighted by Crippen LogP contribution is -2.09. The number of phenols is 1. The van der Waals surface area contributed by atoms with Crippen molar-refractivity contribution in [3.05, 3.63) is 59.6 Å². The number of benzene rings is 1. The fourth-order valence-corrected chi connectivity index (χ4v) is 3.28. The molecule has 0 atom stereocenters. The molecule has 0 spiro atoms. The van der Waals surface area contributed by atoms with Crippen LogP contribution in [0.15, 0.2) is 49.1 Å². The molecule has 4 aromatic rings. The third kappa shape index (κ3) is 4.00. The normalized spacial score (nSPS) is 11.3. The van der Waals surface area contributed by atoms with Crippen molar-refractivity contribution in [3.63, 3.8) is 0 Å². The Kier molecular flexibility index (Phi) is 5.31. The standard InChI is InChI=1S/C21H21ClN6O/c1-13(2)28-12-25-18-20(24-9-7-14-5-6-17(29)16(22)10-14)26-19(27-21(18)28)15-4-3-8-23-11-15/h3-6,8,10-13,29H,7,9H2,1-2H3,(H,24,26,27). The minimum Gasteiger partial charge on any atom is -0.506 e. The number of fused-ring (bicyclic) bond motifs is 1. The highest BCUT2D eigenvalue weighted by molar-refractivity contribution is 6.32. The third-order valence-electron chi connectivity index (χ3n) is 4.62. The maximum Gasteiger partial charge on any atom is 0.166 e. The molecule has 4 rings (SSSR count). The fourth-order valence-electron chi connectivity index (χ4n) is 3.07. The summed E-state index contributed by atoms with van der Waals surface area (Å²) in [6.07, 6.45) is 5.99. The van der Waals surface area contributed by atoms with Crippen LogP contribution >= 0.6 is 11.6 Å². The van der Waals surface area contributed by atoms with Crippen molar-refractivity contribution in [1.29, 1.82) is 0 Å². The third-order valence-corrected chi connectivity index (χ3v) is 4.92. The lowest BCUT2D eigenvalue weighted by atomic mass is 10.1. The Morgan fingerprint density at radius 2 is 2.07 bits per heavy atom. The molecule has 148 valence electrons. The summed E-state index contributed by atoms with van der Waals surface area (Å²) in [6, 6.07) is 9.25. The average molecular weight is 409 g/mol. The van der Waals surface area contributed by atoms with Crippen LogP contribution in [-0.4, -0.2) is 36.2 Å². The molecule has 0 saturated heterocycles. The molecule has 2 N–H and O–H groups in total. The molecule has 0 radical (unpaired) electrons. The van der Waals surface area contributed by atoms with Gasteiger partial charge in [0.15, 0.2) is 17.3 Å². The van der Waals surface area contributed by atoms with E-state index in [9.17, 15) is 5.11 Å². The van der Waals surface area contributed by atoms with E-state index in [1.807, 2.05) is 22.8 Å². The van der Waals surface area contributed by atoms with Gasteiger partial charge in [0.05, 0.1) is 11.3 Å². The number of hydrogen-bond acceptors (Lipinski definition) is 6. The molecule has 7 nitrogen and oxygen atoms in total. The van der Waals surface area contributed by atoms with Gasteiger partial charge in [0.2, 0.25) is 0 Å². The molecule has 1 aromatic carbocycles. The molecule has 0 aliphatic heterocycles. The zero-order valence-electron chi connectivity index (χ0n) is 16.2. The maximum atomic E-state index is 9.57. The van der Waals surface area contributed by atoms with Gasteiger partial charge in [-0.05, 0) is 50.1 Å². The van der Waals surface area contributed by atoms with E-state index in [1.54, 1.807) is 30.9 Å². The van der Waals surface area contributed by atoms with Crippen LogP contribution in [0, 0.1) is 0 Å². The summed E-state index contributed by atoms with van der Waals surface area (Å²) in [4.78, 5) is 18.2. The van der Waals surface area contributed by atoms with Crippen LogP contribution in [0.4, 0.5) is 5.82 Å². The second-order valence-corrected chi connectivity index (χ2v) is 7.43. The Morgan fingerprint density at radius 3 is 2.79 bits per heavy atom. The van der Waals surface area contributed by atoms with Crippen molar-refractivity contribution >= 4 is 28.6 Å². The van der Waals surface area contributed by atoms with Gasteiger partial charge in [0.1, 0.15) is 11.3 Å². The summed E-state index contributed by atoms with van der Waals surface area (Å²) < 4.78 is 2.03. The molecule has 0 aliphatic rings. The van der Waals surface area contributed by atoms with Crippen LogP contribution in [-0.2, 0) is 6.42 Å². The van der Waals surface area contributed by atoms with Crippen LogP contribution in [0.3, 0.4) is 0 Å². The van der Waals surface area contributed by atoms with Crippen LogP contribution in [0.2, 0.25) is 5.02 Å². The second kappa shape index (κ2) is 8.05. The van der Waals surface area contributed by atoms with Crippen molar-refractivity contribution in [2.75, 3.05) is 11.9 Å². The number of aromatic hydroxyl groups is 1. The van der Waals surface area contributed by atoms with E-state index >= 15 is 0 Å². The van der Waals surface area contributed by atoms with Gasteiger partial charge in [-0.1, -0.05) is 17.7 Å². The van der Waals surface area contributed by atoms with E-state index in [1.165, 1.54) is 0 Å². The molecule has 0 bridgehead atoms. The number of halogens is 1. The number of aromatic nitrogens is 5. The van der Waals surface area contributed by atoms with Gasteiger partial charge < -0.3 is 15.0 Å². The Labute approximate surface area is 173 Å². The van der Waals surface area contributed by atoms with Gasteiger partial charge >= 0.3 is 0 Å². The molecule has 3 heterocycles. The molecular weight excluding hydrogens is 388 g/mol. The quantitative estimate of drug-likeness (QED) is 0.489.